The van der Waals surface area contributed by atoms with Crippen LogP contribution in [-0.2, 0) is 52.1 Å². The summed E-state index contributed by atoms with van der Waals surface area (Å²) in [5.41, 5.74) is -3.47. The van der Waals surface area contributed by atoms with E-state index in [1.54, 1.807) is 64.1 Å². The minimum atomic E-state index is -4.19. The van der Waals surface area contributed by atoms with Crippen molar-refractivity contribution in [2.45, 2.75) is 195 Å². The zero-order valence-corrected chi connectivity index (χ0v) is 37.7. The van der Waals surface area contributed by atoms with E-state index in [2.05, 4.69) is 8.37 Å². The van der Waals surface area contributed by atoms with E-state index in [1.165, 1.54) is 15.2 Å². The van der Waals surface area contributed by atoms with E-state index in [-0.39, 0.29) is 30.9 Å². The van der Waals surface area contributed by atoms with Gasteiger partial charge in [-0.15, -0.1) is 0 Å². The topological polar surface area (TPSA) is 228 Å². The molecule has 0 spiro atoms. The summed E-state index contributed by atoms with van der Waals surface area (Å²) >= 11 is 0. The molecule has 1 aromatic rings. The highest BCUT2D eigenvalue weighted by Crippen LogP contribution is 2.41. The Balaban J connectivity index is -0.000000395. The molecule has 18 nitrogen and oxygen atoms in total. The number of hydroxylamine groups is 6. The lowest BCUT2D eigenvalue weighted by Crippen LogP contribution is -2.60. The van der Waals surface area contributed by atoms with Gasteiger partial charge in [0.25, 0.3) is 0 Å². The zero-order valence-electron chi connectivity index (χ0n) is 35.2. The molecule has 4 rings (SSSR count). The van der Waals surface area contributed by atoms with Gasteiger partial charge in [-0.05, 0) is 134 Å². The van der Waals surface area contributed by atoms with Gasteiger partial charge in [0.2, 0.25) is 0 Å². The normalized spacial score (nSPS) is 22.9. The minimum Gasteiger partial charge on any atom is -0.362 e. The highest BCUT2D eigenvalue weighted by Gasteiger charge is 2.49. The van der Waals surface area contributed by atoms with E-state index in [0.717, 1.165) is 7.11 Å². The molecule has 3 N–H and O–H groups in total. The monoisotopic (exact) mass is 925 g/mol. The predicted molar refractivity (Wildman–Crippen MR) is 233 cm³/mol. The van der Waals surface area contributed by atoms with Gasteiger partial charge < -0.3 is 24.0 Å². The van der Waals surface area contributed by atoms with Crippen molar-refractivity contribution in [2.24, 2.45) is 0 Å². The molecule has 0 aliphatic carbocycles. The van der Waals surface area contributed by atoms with Crippen molar-refractivity contribution in [2.75, 3.05) is 7.11 Å². The van der Waals surface area contributed by atoms with E-state index in [9.17, 15) is 40.9 Å². The van der Waals surface area contributed by atoms with Gasteiger partial charge in [0.05, 0.1) is 25.4 Å². The lowest BCUT2D eigenvalue weighted by molar-refractivity contribution is -0.255. The SMILES string of the molecule is C.C.C.C#COS(=O)(=O)OC1CC(C)(C)N(O)C(C)(C)C1.CC1(C)CC(OS(=O)(=O)Oc2ccccc2)CC(C)(C)N1O.COS(=O)(=O)OC1CC(C)(C)N(O)C(C)(C)C1.[HH].[HH]. The first-order valence-corrected chi connectivity index (χ1v) is 22.2. The van der Waals surface area contributed by atoms with Crippen molar-refractivity contribution in [1.82, 2.24) is 15.2 Å². The molecular formula is C39H79N3O15S3. The molecule has 60 heavy (non-hydrogen) atoms. The Labute approximate surface area is 365 Å². The van der Waals surface area contributed by atoms with E-state index in [1.807, 2.05) is 55.4 Å². The van der Waals surface area contributed by atoms with E-state index in [0.29, 0.717) is 38.5 Å². The fraction of sp³-hybridized carbons (Fsp3) is 0.795. The summed E-state index contributed by atoms with van der Waals surface area (Å²) < 4.78 is 97.7. The number of rotatable bonds is 10. The maximum atomic E-state index is 12.1. The Bertz CT molecular complexity index is 1820. The van der Waals surface area contributed by atoms with Gasteiger partial charge in [-0.1, -0.05) is 46.9 Å². The molecule has 0 atom stereocenters. The van der Waals surface area contributed by atoms with Gasteiger partial charge in [-0.2, -0.15) is 40.4 Å². The van der Waals surface area contributed by atoms with Gasteiger partial charge in [-0.3, -0.25) is 4.18 Å². The molecule has 358 valence electrons. The fourth-order valence-electron chi connectivity index (χ4n) is 7.97. The van der Waals surface area contributed by atoms with Crippen LogP contribution in [0.5, 0.6) is 5.75 Å². The molecule has 0 bridgehead atoms. The van der Waals surface area contributed by atoms with Gasteiger partial charge in [0.15, 0.2) is 0 Å². The molecule has 3 aliphatic heterocycles. The largest absolute Gasteiger partial charge is 0.457 e. The second-order valence-corrected chi connectivity index (χ2v) is 21.9. The van der Waals surface area contributed by atoms with Gasteiger partial charge in [0.1, 0.15) is 11.9 Å². The molecule has 0 saturated carbocycles. The van der Waals surface area contributed by atoms with Crippen molar-refractivity contribution in [3.8, 4) is 18.3 Å². The molecule has 0 radical (unpaired) electrons. The van der Waals surface area contributed by atoms with E-state index < -0.39 is 82.7 Å². The molecule has 0 unspecified atom stereocenters. The quantitative estimate of drug-likeness (QED) is 0.191. The molecular weight excluding hydrogens is 847 g/mol. The van der Waals surface area contributed by atoms with Crippen molar-refractivity contribution >= 4 is 31.2 Å². The Hall–Kier alpha value is -2.17. The number of hydrogen-bond donors (Lipinski definition) is 3. The van der Waals surface area contributed by atoms with Crippen molar-refractivity contribution < 1.29 is 68.8 Å². The predicted octanol–water partition coefficient (Wildman–Crippen LogP) is 7.71. The van der Waals surface area contributed by atoms with Crippen LogP contribution in [0, 0.1) is 12.5 Å². The minimum absolute atomic E-state index is 0. The third-order valence-electron chi connectivity index (χ3n) is 9.86. The molecule has 3 fully saturated rings. The van der Waals surface area contributed by atoms with E-state index in [4.69, 9.17) is 23.2 Å². The van der Waals surface area contributed by atoms with Crippen LogP contribution in [0.25, 0.3) is 0 Å². The maximum Gasteiger partial charge on any atom is 0.457 e. The summed E-state index contributed by atoms with van der Waals surface area (Å²) in [5.74, 6) is 0.209. The third-order valence-corrected chi connectivity index (χ3v) is 12.5. The van der Waals surface area contributed by atoms with Crippen LogP contribution in [0.3, 0.4) is 0 Å². The third kappa shape index (κ3) is 17.2. The first kappa shape index (κ1) is 59.9. The second-order valence-electron chi connectivity index (χ2n) is 18.2. The smallest absolute Gasteiger partial charge is 0.362 e. The molecule has 3 saturated heterocycles. The summed E-state index contributed by atoms with van der Waals surface area (Å²) in [7, 11) is -11.2. The number of para-hydroxylation sites is 1. The summed E-state index contributed by atoms with van der Waals surface area (Å²) in [5, 5.41) is 34.1. The fourth-order valence-corrected chi connectivity index (χ4v) is 10.0. The molecule has 0 aromatic heterocycles. The maximum absolute atomic E-state index is 12.1. The van der Waals surface area contributed by atoms with Gasteiger partial charge in [0, 0.05) is 36.1 Å². The molecule has 3 aliphatic rings. The lowest BCUT2D eigenvalue weighted by Gasteiger charge is -2.50. The van der Waals surface area contributed by atoms with Crippen molar-refractivity contribution in [3.05, 3.63) is 30.3 Å². The van der Waals surface area contributed by atoms with Crippen LogP contribution < -0.4 is 4.18 Å². The zero-order chi connectivity index (χ0) is 44.3. The summed E-state index contributed by atoms with van der Waals surface area (Å²) in [6.07, 6.45) is 6.99. The van der Waals surface area contributed by atoms with Crippen LogP contribution in [0.4, 0.5) is 0 Å². The van der Waals surface area contributed by atoms with Gasteiger partial charge >= 0.3 is 31.2 Å². The van der Waals surface area contributed by atoms with Crippen LogP contribution in [-0.4, -0.2) is 115 Å². The molecule has 3 heterocycles. The molecule has 0 amide bonds. The van der Waals surface area contributed by atoms with E-state index >= 15 is 0 Å². The first-order chi connectivity index (χ1) is 25.5. The Morgan fingerprint density at radius 3 is 1.08 bits per heavy atom. The van der Waals surface area contributed by atoms with Crippen molar-refractivity contribution in [3.63, 3.8) is 0 Å². The average Bonchev–Trinajstić information content (AvgIpc) is 3.00. The molecule has 1 aromatic carbocycles. The first-order valence-electron chi connectivity index (χ1n) is 18.2. The summed E-state index contributed by atoms with van der Waals surface area (Å²) in [4.78, 5) is 0. The number of hydrogen-bond acceptors (Lipinski definition) is 18. The highest BCUT2D eigenvalue weighted by atomic mass is 32.3. The second kappa shape index (κ2) is 21.5. The van der Waals surface area contributed by atoms with Crippen LogP contribution >= 0.6 is 0 Å². The summed E-state index contributed by atoms with van der Waals surface area (Å²) in [6.45, 7) is 21.9. The highest BCUT2D eigenvalue weighted by molar-refractivity contribution is 7.82. The number of benzene rings is 1. The van der Waals surface area contributed by atoms with Crippen molar-refractivity contribution in [1.29, 1.82) is 0 Å². The standard InChI is InChI=1S/C15H23NO5S.C11H19NO5S.C10H21NO5S.3CH4.2H2/c1-14(2)10-13(11-15(3,4)16(14)17)21-22(18,19)20-12-8-6-5-7-9-12;1-6-16-18(14,15)17-9-7-10(2,3)12(13)11(4,5)8-9;1-9(2)6-8(16-17(13,14)15-5)7-10(3,4)11(9)12;;;;;/h5-9,13,17H,10-11H2,1-4H3;1,9,13H,7-8H2,2-5H3;8,12H,6-7H2,1-5H3;3*1H4;2*1H. The Morgan fingerprint density at radius 2 is 0.817 bits per heavy atom. The van der Waals surface area contributed by atoms with Gasteiger partial charge in [-0.25, -0.2) is 12.5 Å². The van der Waals surface area contributed by atoms with Crippen LogP contribution in [0.1, 0.15) is 147 Å². The summed E-state index contributed by atoms with van der Waals surface area (Å²) in [6, 6.07) is 8.22. The number of piperidine rings is 3. The number of terminal acetylenes is 1. The Kier molecular flexibility index (Phi) is 21.4. The number of nitrogens with zero attached hydrogens (tertiary/aromatic N) is 3. The molecule has 21 heteroatoms. The van der Waals surface area contributed by atoms with Crippen LogP contribution in [0.15, 0.2) is 30.3 Å². The Morgan fingerprint density at radius 1 is 0.550 bits per heavy atom. The lowest BCUT2D eigenvalue weighted by atomic mass is 9.80. The van der Waals surface area contributed by atoms with Crippen LogP contribution in [0.2, 0.25) is 0 Å². The average molecular weight is 926 g/mol.